The summed E-state index contributed by atoms with van der Waals surface area (Å²) < 4.78 is 11.8. The number of hydrogen-bond acceptors (Lipinski definition) is 4. The van der Waals surface area contributed by atoms with Crippen molar-refractivity contribution in [3.63, 3.8) is 0 Å². The van der Waals surface area contributed by atoms with Gasteiger partial charge < -0.3 is 14.6 Å². The summed E-state index contributed by atoms with van der Waals surface area (Å²) in [7, 11) is 1.57. The summed E-state index contributed by atoms with van der Waals surface area (Å²) >= 11 is 3.43. The fourth-order valence-electron chi connectivity index (χ4n) is 1.83. The molecular formula is C15H16BrNO3. The molecular weight excluding hydrogens is 322 g/mol. The van der Waals surface area contributed by atoms with Crippen molar-refractivity contribution >= 4 is 15.9 Å². The smallest absolute Gasteiger partial charge is 0.175 e. The Morgan fingerprint density at radius 2 is 2.10 bits per heavy atom. The average molecular weight is 338 g/mol. The molecule has 1 heterocycles. The van der Waals surface area contributed by atoms with Gasteiger partial charge in [0.05, 0.1) is 23.9 Å². The lowest BCUT2D eigenvalue weighted by atomic mass is 10.2. The van der Waals surface area contributed by atoms with Crippen LogP contribution in [0.4, 0.5) is 0 Å². The molecule has 0 aliphatic rings. The second-order valence-electron chi connectivity index (χ2n) is 4.33. The summed E-state index contributed by atoms with van der Waals surface area (Å²) in [5, 5.41) is 9.18. The minimum atomic E-state index is -0.0469. The second-order valence-corrected chi connectivity index (χ2v) is 5.18. The van der Waals surface area contributed by atoms with E-state index in [1.807, 2.05) is 31.2 Å². The fraction of sp³-hybridized carbons (Fsp3) is 0.267. The van der Waals surface area contributed by atoms with Crippen LogP contribution in [-0.4, -0.2) is 17.2 Å². The largest absolute Gasteiger partial charge is 0.493 e. The van der Waals surface area contributed by atoms with E-state index in [0.717, 1.165) is 21.4 Å². The van der Waals surface area contributed by atoms with E-state index in [2.05, 4.69) is 20.9 Å². The highest BCUT2D eigenvalue weighted by Crippen LogP contribution is 2.37. The van der Waals surface area contributed by atoms with Gasteiger partial charge in [0.15, 0.2) is 11.5 Å². The zero-order valence-electron chi connectivity index (χ0n) is 11.4. The first-order chi connectivity index (χ1) is 9.63. The summed E-state index contributed by atoms with van der Waals surface area (Å²) in [5.74, 6) is 1.18. The highest BCUT2D eigenvalue weighted by Gasteiger charge is 2.12. The highest BCUT2D eigenvalue weighted by atomic mass is 79.9. The van der Waals surface area contributed by atoms with Gasteiger partial charge in [-0.1, -0.05) is 6.07 Å². The molecule has 0 amide bonds. The number of ether oxygens (including phenoxy) is 2. The number of aryl methyl sites for hydroxylation is 1. The van der Waals surface area contributed by atoms with Crippen molar-refractivity contribution in [3.8, 4) is 11.5 Å². The Morgan fingerprint density at radius 1 is 1.30 bits per heavy atom. The van der Waals surface area contributed by atoms with Crippen LogP contribution in [0.3, 0.4) is 0 Å². The van der Waals surface area contributed by atoms with E-state index in [4.69, 9.17) is 9.47 Å². The van der Waals surface area contributed by atoms with E-state index in [0.29, 0.717) is 18.1 Å². The molecule has 5 heteroatoms. The molecule has 2 rings (SSSR count). The molecule has 106 valence electrons. The summed E-state index contributed by atoms with van der Waals surface area (Å²) in [5.41, 5.74) is 2.56. The maximum Gasteiger partial charge on any atom is 0.175 e. The van der Waals surface area contributed by atoms with E-state index in [1.54, 1.807) is 13.2 Å². The molecule has 1 aromatic heterocycles. The summed E-state index contributed by atoms with van der Waals surface area (Å²) in [6, 6.07) is 9.36. The van der Waals surface area contributed by atoms with E-state index >= 15 is 0 Å². The van der Waals surface area contributed by atoms with Crippen LogP contribution in [0.5, 0.6) is 11.5 Å². The van der Waals surface area contributed by atoms with Gasteiger partial charge in [-0.3, -0.25) is 4.98 Å². The SMILES string of the molecule is COc1cc(CO)cc(Br)c1OCc1cccc(C)n1. The number of rotatable bonds is 5. The van der Waals surface area contributed by atoms with Crippen LogP contribution in [0.2, 0.25) is 0 Å². The standard InChI is InChI=1S/C15H16BrNO3/c1-10-4-3-5-12(17-10)9-20-15-13(16)6-11(8-18)7-14(15)19-2/h3-7,18H,8-9H2,1-2H3. The Hall–Kier alpha value is -1.59. The molecule has 20 heavy (non-hydrogen) atoms. The normalized spacial score (nSPS) is 10.4. The molecule has 0 radical (unpaired) electrons. The Morgan fingerprint density at radius 3 is 2.75 bits per heavy atom. The third-order valence-electron chi connectivity index (χ3n) is 2.78. The van der Waals surface area contributed by atoms with Crippen LogP contribution in [0.1, 0.15) is 17.0 Å². The van der Waals surface area contributed by atoms with E-state index in [-0.39, 0.29) is 6.61 Å². The first-order valence-electron chi connectivity index (χ1n) is 6.16. The van der Waals surface area contributed by atoms with Crippen molar-refractivity contribution in [2.45, 2.75) is 20.1 Å². The number of nitrogens with zero attached hydrogens (tertiary/aromatic N) is 1. The molecule has 0 atom stereocenters. The quantitative estimate of drug-likeness (QED) is 0.909. The predicted octanol–water partition coefficient (Wildman–Crippen LogP) is 3.23. The van der Waals surface area contributed by atoms with Crippen LogP contribution in [-0.2, 0) is 13.2 Å². The maximum absolute atomic E-state index is 9.18. The molecule has 1 N–H and O–H groups in total. The molecule has 0 saturated heterocycles. The van der Waals surface area contributed by atoms with Gasteiger partial charge in [-0.05, 0) is 52.7 Å². The van der Waals surface area contributed by atoms with E-state index in [9.17, 15) is 5.11 Å². The summed E-state index contributed by atoms with van der Waals surface area (Å²) in [4.78, 5) is 4.39. The second kappa shape index (κ2) is 6.72. The Kier molecular flexibility index (Phi) is 4.98. The van der Waals surface area contributed by atoms with Crippen molar-refractivity contribution in [2.24, 2.45) is 0 Å². The molecule has 0 aliphatic heterocycles. The third kappa shape index (κ3) is 3.49. The molecule has 4 nitrogen and oxygen atoms in total. The van der Waals surface area contributed by atoms with Crippen molar-refractivity contribution in [1.82, 2.24) is 4.98 Å². The summed E-state index contributed by atoms with van der Waals surface area (Å²) in [6.45, 7) is 2.25. The topological polar surface area (TPSA) is 51.6 Å². The minimum Gasteiger partial charge on any atom is -0.493 e. The van der Waals surface area contributed by atoms with Crippen LogP contribution in [0.15, 0.2) is 34.8 Å². The van der Waals surface area contributed by atoms with Crippen LogP contribution >= 0.6 is 15.9 Å². The van der Waals surface area contributed by atoms with E-state index in [1.165, 1.54) is 0 Å². The molecule has 0 bridgehead atoms. The molecule has 0 fully saturated rings. The zero-order valence-corrected chi connectivity index (χ0v) is 13.0. The average Bonchev–Trinajstić information content (AvgIpc) is 2.45. The van der Waals surface area contributed by atoms with Gasteiger partial charge in [0, 0.05) is 5.69 Å². The predicted molar refractivity (Wildman–Crippen MR) is 79.9 cm³/mol. The Balaban J connectivity index is 2.20. The van der Waals surface area contributed by atoms with Crippen molar-refractivity contribution in [1.29, 1.82) is 0 Å². The van der Waals surface area contributed by atoms with Gasteiger partial charge in [-0.25, -0.2) is 0 Å². The molecule has 0 unspecified atom stereocenters. The van der Waals surface area contributed by atoms with Gasteiger partial charge in [0.25, 0.3) is 0 Å². The first kappa shape index (κ1) is 14.8. The van der Waals surface area contributed by atoms with Gasteiger partial charge in [0.2, 0.25) is 0 Å². The van der Waals surface area contributed by atoms with Gasteiger partial charge in [0.1, 0.15) is 6.61 Å². The van der Waals surface area contributed by atoms with Gasteiger partial charge in [-0.2, -0.15) is 0 Å². The van der Waals surface area contributed by atoms with Crippen molar-refractivity contribution in [2.75, 3.05) is 7.11 Å². The Bertz CT molecular complexity index is 602. The monoisotopic (exact) mass is 337 g/mol. The third-order valence-corrected chi connectivity index (χ3v) is 3.37. The molecule has 0 saturated carbocycles. The lowest BCUT2D eigenvalue weighted by molar-refractivity contribution is 0.271. The number of hydrogen-bond donors (Lipinski definition) is 1. The van der Waals surface area contributed by atoms with Crippen molar-refractivity contribution < 1.29 is 14.6 Å². The van der Waals surface area contributed by atoms with Crippen LogP contribution < -0.4 is 9.47 Å². The fourth-order valence-corrected chi connectivity index (χ4v) is 2.43. The number of aliphatic hydroxyl groups excluding tert-OH is 1. The first-order valence-corrected chi connectivity index (χ1v) is 6.96. The lowest BCUT2D eigenvalue weighted by Crippen LogP contribution is -2.02. The highest BCUT2D eigenvalue weighted by molar-refractivity contribution is 9.10. The van der Waals surface area contributed by atoms with Crippen LogP contribution in [0, 0.1) is 6.92 Å². The minimum absolute atomic E-state index is 0.0469. The van der Waals surface area contributed by atoms with Gasteiger partial charge >= 0.3 is 0 Å². The maximum atomic E-state index is 9.18. The van der Waals surface area contributed by atoms with Crippen LogP contribution in [0.25, 0.3) is 0 Å². The number of halogens is 1. The zero-order chi connectivity index (χ0) is 14.5. The molecule has 2 aromatic rings. The number of methoxy groups -OCH3 is 1. The van der Waals surface area contributed by atoms with Crippen molar-refractivity contribution in [3.05, 3.63) is 51.8 Å². The van der Waals surface area contributed by atoms with Gasteiger partial charge in [-0.15, -0.1) is 0 Å². The lowest BCUT2D eigenvalue weighted by Gasteiger charge is -2.13. The van der Waals surface area contributed by atoms with E-state index < -0.39 is 0 Å². The number of benzene rings is 1. The molecule has 1 aromatic carbocycles. The Labute approximate surface area is 126 Å². The molecule has 0 aliphatic carbocycles. The summed E-state index contributed by atoms with van der Waals surface area (Å²) in [6.07, 6.45) is 0. The molecule has 0 spiro atoms. The number of pyridine rings is 1. The number of aliphatic hydroxyl groups is 1. The number of aromatic nitrogens is 1.